The van der Waals surface area contributed by atoms with Crippen molar-refractivity contribution in [1.82, 2.24) is 14.8 Å². The summed E-state index contributed by atoms with van der Waals surface area (Å²) >= 11 is 0. The first-order valence-electron chi connectivity index (χ1n) is 12.4. The maximum atomic E-state index is 13.4. The van der Waals surface area contributed by atoms with Crippen LogP contribution in [0.4, 0.5) is 10.2 Å². The van der Waals surface area contributed by atoms with Gasteiger partial charge in [-0.05, 0) is 63.3 Å². The lowest BCUT2D eigenvalue weighted by Crippen LogP contribution is -2.49. The average Bonchev–Trinajstić information content (AvgIpc) is 3.05. The van der Waals surface area contributed by atoms with E-state index in [2.05, 4.69) is 30.6 Å². The number of nitrogens with one attached hydrogen (secondary N) is 2. The summed E-state index contributed by atoms with van der Waals surface area (Å²) in [7, 11) is 0. The molecule has 0 radical (unpaired) electrons. The van der Waals surface area contributed by atoms with Gasteiger partial charge in [-0.2, -0.15) is 5.26 Å². The number of halogens is 1. The quantitative estimate of drug-likeness (QED) is 0.527. The second-order valence-electron chi connectivity index (χ2n) is 9.50. The Morgan fingerprint density at radius 2 is 1.91 bits per heavy atom. The number of carbonyl (C=O) groups is 2. The second-order valence-corrected chi connectivity index (χ2v) is 9.50. The van der Waals surface area contributed by atoms with E-state index in [1.54, 1.807) is 12.1 Å². The van der Waals surface area contributed by atoms with E-state index in [0.717, 1.165) is 42.5 Å². The first-order valence-corrected chi connectivity index (χ1v) is 12.4. The van der Waals surface area contributed by atoms with Crippen LogP contribution in [0, 0.1) is 36.9 Å². The van der Waals surface area contributed by atoms with Crippen molar-refractivity contribution >= 4 is 17.6 Å². The molecule has 1 aromatic carbocycles. The SMILES string of the molecule is CCCCNC(=O)C1CCC(C)N(CC(=O)Nc2c(C#N)c(C)c(C)n2Cc2ccc(F)cc2)C1. The van der Waals surface area contributed by atoms with E-state index < -0.39 is 0 Å². The summed E-state index contributed by atoms with van der Waals surface area (Å²) in [4.78, 5) is 27.7. The normalized spacial score (nSPS) is 18.2. The number of hydrogen-bond acceptors (Lipinski definition) is 4. The topological polar surface area (TPSA) is 90.2 Å². The third-order valence-corrected chi connectivity index (χ3v) is 7.01. The summed E-state index contributed by atoms with van der Waals surface area (Å²) in [6.07, 6.45) is 3.65. The molecule has 0 saturated carbocycles. The molecule has 3 rings (SSSR count). The van der Waals surface area contributed by atoms with Crippen molar-refractivity contribution in [2.24, 2.45) is 5.92 Å². The molecule has 0 spiro atoms. The van der Waals surface area contributed by atoms with Gasteiger partial charge in [-0.25, -0.2) is 4.39 Å². The maximum absolute atomic E-state index is 13.4. The highest BCUT2D eigenvalue weighted by Gasteiger charge is 2.31. The molecule has 1 fully saturated rings. The van der Waals surface area contributed by atoms with Crippen LogP contribution in [0.2, 0.25) is 0 Å². The first kappa shape index (κ1) is 26.4. The summed E-state index contributed by atoms with van der Waals surface area (Å²) in [6.45, 7) is 9.70. The first-order chi connectivity index (χ1) is 16.7. The molecule has 8 heteroatoms. The second kappa shape index (κ2) is 12.0. The van der Waals surface area contributed by atoms with E-state index in [0.29, 0.717) is 31.0 Å². The highest BCUT2D eigenvalue weighted by Crippen LogP contribution is 2.28. The molecule has 188 valence electrons. The molecule has 1 aromatic heterocycles. The van der Waals surface area contributed by atoms with E-state index in [1.807, 2.05) is 23.3 Å². The number of amides is 2. The van der Waals surface area contributed by atoms with Gasteiger partial charge in [0.25, 0.3) is 0 Å². The number of anilines is 1. The van der Waals surface area contributed by atoms with Gasteiger partial charge in [0.15, 0.2) is 0 Å². The molecule has 2 atom stereocenters. The minimum absolute atomic E-state index is 0.0574. The number of nitrogens with zero attached hydrogens (tertiary/aromatic N) is 3. The van der Waals surface area contributed by atoms with Crippen molar-refractivity contribution < 1.29 is 14.0 Å². The van der Waals surface area contributed by atoms with Gasteiger partial charge in [-0.1, -0.05) is 25.5 Å². The Balaban J connectivity index is 1.73. The summed E-state index contributed by atoms with van der Waals surface area (Å²) < 4.78 is 15.2. The number of unbranched alkanes of at least 4 members (excludes halogenated alkanes) is 1. The molecule has 7 nitrogen and oxygen atoms in total. The average molecular weight is 482 g/mol. The Kier molecular flexibility index (Phi) is 9.05. The zero-order valence-corrected chi connectivity index (χ0v) is 21.2. The number of rotatable bonds is 9. The van der Waals surface area contributed by atoms with Gasteiger partial charge in [-0.3, -0.25) is 14.5 Å². The number of likely N-dealkylation sites (tertiary alicyclic amines) is 1. The summed E-state index contributed by atoms with van der Waals surface area (Å²) in [6, 6.07) is 8.60. The molecule has 2 aromatic rings. The van der Waals surface area contributed by atoms with Crippen molar-refractivity contribution in [3.63, 3.8) is 0 Å². The van der Waals surface area contributed by atoms with Gasteiger partial charge in [0.1, 0.15) is 17.7 Å². The third kappa shape index (κ3) is 6.49. The van der Waals surface area contributed by atoms with Crippen molar-refractivity contribution in [3.05, 3.63) is 52.5 Å². The van der Waals surface area contributed by atoms with Crippen LogP contribution in [-0.2, 0) is 16.1 Å². The fraction of sp³-hybridized carbons (Fsp3) is 0.519. The molecule has 1 aliphatic heterocycles. The summed E-state index contributed by atoms with van der Waals surface area (Å²) in [5.41, 5.74) is 2.97. The fourth-order valence-electron chi connectivity index (χ4n) is 4.60. The number of piperidine rings is 1. The van der Waals surface area contributed by atoms with Crippen LogP contribution in [-0.4, -0.2) is 47.0 Å². The van der Waals surface area contributed by atoms with Gasteiger partial charge in [0.05, 0.1) is 18.0 Å². The standard InChI is InChI=1S/C27H36FN5O2/c1-5-6-13-30-27(35)22-10-7-18(2)32(16-22)17-25(34)31-26-24(14-29)19(3)20(4)33(26)15-21-8-11-23(28)12-9-21/h8-9,11-12,18,22H,5-7,10,13,15-17H2,1-4H3,(H,30,35)(H,31,34). The third-order valence-electron chi connectivity index (χ3n) is 7.01. The molecule has 2 unspecified atom stereocenters. The van der Waals surface area contributed by atoms with Crippen LogP contribution in [0.1, 0.15) is 61.9 Å². The van der Waals surface area contributed by atoms with Gasteiger partial charge < -0.3 is 15.2 Å². The zero-order chi connectivity index (χ0) is 25.5. The Bertz CT molecular complexity index is 1090. The van der Waals surface area contributed by atoms with E-state index in [1.165, 1.54) is 12.1 Å². The van der Waals surface area contributed by atoms with Gasteiger partial charge >= 0.3 is 0 Å². The van der Waals surface area contributed by atoms with E-state index in [9.17, 15) is 19.2 Å². The van der Waals surface area contributed by atoms with Crippen LogP contribution >= 0.6 is 0 Å². The predicted molar refractivity (Wildman–Crippen MR) is 134 cm³/mol. The van der Waals surface area contributed by atoms with Gasteiger partial charge in [-0.15, -0.1) is 0 Å². The van der Waals surface area contributed by atoms with Crippen molar-refractivity contribution in [1.29, 1.82) is 5.26 Å². The summed E-state index contributed by atoms with van der Waals surface area (Å²) in [5.74, 6) is -0.152. The van der Waals surface area contributed by atoms with Crippen LogP contribution in [0.15, 0.2) is 24.3 Å². The molecule has 1 aliphatic rings. The maximum Gasteiger partial charge on any atom is 0.239 e. The van der Waals surface area contributed by atoms with Crippen LogP contribution in [0.5, 0.6) is 0 Å². The molecule has 2 N–H and O–H groups in total. The van der Waals surface area contributed by atoms with E-state index >= 15 is 0 Å². The minimum Gasteiger partial charge on any atom is -0.356 e. The molecule has 1 saturated heterocycles. The van der Waals surface area contributed by atoms with Crippen molar-refractivity contribution in [2.45, 2.75) is 66.0 Å². The molecule has 0 bridgehead atoms. The highest BCUT2D eigenvalue weighted by atomic mass is 19.1. The van der Waals surface area contributed by atoms with E-state index in [4.69, 9.17) is 0 Å². The largest absolute Gasteiger partial charge is 0.356 e. The smallest absolute Gasteiger partial charge is 0.239 e. The predicted octanol–water partition coefficient (Wildman–Crippen LogP) is 4.12. The lowest BCUT2D eigenvalue weighted by atomic mass is 9.92. The van der Waals surface area contributed by atoms with Crippen LogP contribution < -0.4 is 10.6 Å². The minimum atomic E-state index is -0.312. The Labute approximate surface area is 207 Å². The van der Waals surface area contributed by atoms with E-state index in [-0.39, 0.29) is 36.1 Å². The number of hydrogen-bond donors (Lipinski definition) is 2. The van der Waals surface area contributed by atoms with Crippen LogP contribution in [0.25, 0.3) is 0 Å². The number of aromatic nitrogens is 1. The Morgan fingerprint density at radius 1 is 1.20 bits per heavy atom. The van der Waals surface area contributed by atoms with Crippen molar-refractivity contribution in [2.75, 3.05) is 25.0 Å². The number of benzene rings is 1. The van der Waals surface area contributed by atoms with Crippen LogP contribution in [0.3, 0.4) is 0 Å². The lowest BCUT2D eigenvalue weighted by Gasteiger charge is -2.36. The monoisotopic (exact) mass is 481 g/mol. The number of carbonyl (C=O) groups excluding carboxylic acids is 2. The molecule has 35 heavy (non-hydrogen) atoms. The molecule has 2 heterocycles. The Hall–Kier alpha value is -3.18. The molecular weight excluding hydrogens is 445 g/mol. The Morgan fingerprint density at radius 3 is 2.57 bits per heavy atom. The van der Waals surface area contributed by atoms with Gasteiger partial charge in [0, 0.05) is 31.4 Å². The number of nitriles is 1. The molecule has 2 amide bonds. The molecular formula is C27H36FN5O2. The zero-order valence-electron chi connectivity index (χ0n) is 21.2. The summed E-state index contributed by atoms with van der Waals surface area (Å²) in [5, 5.41) is 15.8. The lowest BCUT2D eigenvalue weighted by molar-refractivity contribution is -0.128. The molecule has 0 aliphatic carbocycles. The highest BCUT2D eigenvalue weighted by molar-refractivity contribution is 5.93. The van der Waals surface area contributed by atoms with Crippen molar-refractivity contribution in [3.8, 4) is 6.07 Å². The fourth-order valence-corrected chi connectivity index (χ4v) is 4.60. The van der Waals surface area contributed by atoms with Gasteiger partial charge in [0.2, 0.25) is 11.8 Å².